The van der Waals surface area contributed by atoms with Crippen molar-refractivity contribution < 1.29 is 13.2 Å². The van der Waals surface area contributed by atoms with Crippen LogP contribution in [0.2, 0.25) is 0 Å². The van der Waals surface area contributed by atoms with Gasteiger partial charge < -0.3 is 10.1 Å². The van der Waals surface area contributed by atoms with E-state index in [2.05, 4.69) is 10.3 Å². The molecule has 0 aromatic carbocycles. The van der Waals surface area contributed by atoms with E-state index in [-0.39, 0.29) is 6.04 Å². The number of sulfonamides is 1. The molecule has 1 unspecified atom stereocenters. The highest BCUT2D eigenvalue weighted by Gasteiger charge is 2.39. The van der Waals surface area contributed by atoms with Crippen LogP contribution in [0.3, 0.4) is 0 Å². The first-order chi connectivity index (χ1) is 9.46. The van der Waals surface area contributed by atoms with E-state index >= 15 is 0 Å². The van der Waals surface area contributed by atoms with Gasteiger partial charge in [-0.3, -0.25) is 0 Å². The molecule has 1 N–H and O–H groups in total. The molecule has 0 radical (unpaired) electrons. The molecule has 6 nitrogen and oxygen atoms in total. The van der Waals surface area contributed by atoms with Crippen LogP contribution in [0.4, 0.5) is 0 Å². The molecule has 2 fully saturated rings. The molecule has 0 aliphatic carbocycles. The molecule has 2 saturated heterocycles. The predicted octanol–water partition coefficient (Wildman–Crippen LogP) is 0.511. The van der Waals surface area contributed by atoms with Crippen molar-refractivity contribution in [3.05, 3.63) is 10.7 Å². The summed E-state index contributed by atoms with van der Waals surface area (Å²) in [5.74, 6) is 0. The van der Waals surface area contributed by atoms with E-state index in [1.807, 2.05) is 6.92 Å². The molecule has 0 bridgehead atoms. The summed E-state index contributed by atoms with van der Waals surface area (Å²) in [4.78, 5) is 4.20. The first-order valence-corrected chi connectivity index (χ1v) is 9.00. The van der Waals surface area contributed by atoms with Gasteiger partial charge in [-0.2, -0.15) is 4.31 Å². The maximum Gasteiger partial charge on any atom is 0.254 e. The average molecular weight is 317 g/mol. The molecule has 0 saturated carbocycles. The summed E-state index contributed by atoms with van der Waals surface area (Å²) in [5.41, 5.74) is 0.605. The minimum atomic E-state index is -3.36. The Bertz CT molecular complexity index is 587. The first-order valence-electron chi connectivity index (χ1n) is 6.75. The summed E-state index contributed by atoms with van der Waals surface area (Å²) >= 11 is 1.25. The summed E-state index contributed by atoms with van der Waals surface area (Å²) in [6.07, 6.45) is 1.01. The van der Waals surface area contributed by atoms with Crippen molar-refractivity contribution >= 4 is 21.4 Å². The highest BCUT2D eigenvalue weighted by atomic mass is 32.2. The maximum atomic E-state index is 12.5. The van der Waals surface area contributed by atoms with Gasteiger partial charge in [0, 0.05) is 31.8 Å². The van der Waals surface area contributed by atoms with Crippen molar-refractivity contribution in [1.82, 2.24) is 14.6 Å². The second-order valence-electron chi connectivity index (χ2n) is 5.35. The number of aromatic nitrogens is 1. The van der Waals surface area contributed by atoms with Crippen LogP contribution in [-0.2, 0) is 14.8 Å². The van der Waals surface area contributed by atoms with Crippen molar-refractivity contribution in [3.63, 3.8) is 0 Å². The van der Waals surface area contributed by atoms with E-state index in [4.69, 9.17) is 4.74 Å². The molecule has 112 valence electrons. The molecule has 1 aromatic rings. The summed E-state index contributed by atoms with van der Waals surface area (Å²) in [5, 5.41) is 4.24. The Balaban J connectivity index is 1.62. The number of rotatable bonds is 4. The molecule has 3 rings (SSSR count). The van der Waals surface area contributed by atoms with Gasteiger partial charge in [0.15, 0.2) is 4.21 Å². The lowest BCUT2D eigenvalue weighted by Gasteiger charge is -2.39. The monoisotopic (exact) mass is 317 g/mol. The van der Waals surface area contributed by atoms with Crippen molar-refractivity contribution in [3.8, 4) is 0 Å². The van der Waals surface area contributed by atoms with E-state index in [0.717, 1.165) is 24.6 Å². The molecule has 8 heteroatoms. The first kappa shape index (κ1) is 14.4. The topological polar surface area (TPSA) is 71.5 Å². The molecule has 2 aliphatic rings. The number of hydrogen-bond donors (Lipinski definition) is 1. The van der Waals surface area contributed by atoms with Gasteiger partial charge >= 0.3 is 0 Å². The summed E-state index contributed by atoms with van der Waals surface area (Å²) < 4.78 is 32.2. The van der Waals surface area contributed by atoms with Gasteiger partial charge in [0.05, 0.1) is 17.3 Å². The Morgan fingerprint density at radius 2 is 2.10 bits per heavy atom. The molecule has 1 atom stereocenters. The van der Waals surface area contributed by atoms with Gasteiger partial charge in [0.2, 0.25) is 0 Å². The van der Waals surface area contributed by atoms with E-state index in [1.165, 1.54) is 15.6 Å². The predicted molar refractivity (Wildman–Crippen MR) is 76.5 cm³/mol. The zero-order valence-electron chi connectivity index (χ0n) is 11.6. The van der Waals surface area contributed by atoms with E-state index < -0.39 is 10.0 Å². The number of ether oxygens (including phenoxy) is 1. The largest absolute Gasteiger partial charge is 0.380 e. The zero-order chi connectivity index (χ0) is 14.3. The molecular formula is C12H19N3O3S2. The van der Waals surface area contributed by atoms with Crippen LogP contribution in [0.25, 0.3) is 0 Å². The molecule has 0 amide bonds. The van der Waals surface area contributed by atoms with Crippen LogP contribution in [0, 0.1) is 13.8 Å². The highest BCUT2D eigenvalue weighted by Crippen LogP contribution is 2.29. The van der Waals surface area contributed by atoms with Crippen molar-refractivity contribution in [2.24, 2.45) is 0 Å². The number of hydrogen-bond acceptors (Lipinski definition) is 6. The summed E-state index contributed by atoms with van der Waals surface area (Å²) in [6, 6.07) is 0.614. The molecule has 20 heavy (non-hydrogen) atoms. The van der Waals surface area contributed by atoms with Gasteiger partial charge in [0.1, 0.15) is 0 Å². The van der Waals surface area contributed by atoms with E-state index in [1.54, 1.807) is 6.92 Å². The fourth-order valence-corrected chi connectivity index (χ4v) is 5.76. The number of aryl methyl sites for hydroxylation is 2. The molecular weight excluding hydrogens is 298 g/mol. The minimum Gasteiger partial charge on any atom is -0.380 e. The number of nitrogens with one attached hydrogen (secondary N) is 1. The molecule has 3 heterocycles. The van der Waals surface area contributed by atoms with Crippen LogP contribution < -0.4 is 5.32 Å². The van der Waals surface area contributed by atoms with Gasteiger partial charge in [0.25, 0.3) is 10.0 Å². The third-order valence-corrected chi connectivity index (χ3v) is 7.18. The normalized spacial score (nSPS) is 25.0. The Morgan fingerprint density at radius 3 is 2.65 bits per heavy atom. The third kappa shape index (κ3) is 2.62. The third-order valence-electron chi connectivity index (χ3n) is 3.68. The Labute approximate surface area is 123 Å². The van der Waals surface area contributed by atoms with Gasteiger partial charge in [-0.15, -0.1) is 11.3 Å². The minimum absolute atomic E-state index is 0.241. The van der Waals surface area contributed by atoms with Gasteiger partial charge in [-0.25, -0.2) is 13.4 Å². The fourth-order valence-electron chi connectivity index (χ4n) is 2.61. The van der Waals surface area contributed by atoms with E-state index in [9.17, 15) is 8.42 Å². The highest BCUT2D eigenvalue weighted by molar-refractivity contribution is 7.91. The quantitative estimate of drug-likeness (QED) is 0.876. The lowest BCUT2D eigenvalue weighted by molar-refractivity contribution is 0.172. The average Bonchev–Trinajstić information content (AvgIpc) is 2.92. The molecule has 0 spiro atoms. The second-order valence-corrected chi connectivity index (χ2v) is 8.69. The number of nitrogens with zero attached hydrogens (tertiary/aromatic N) is 2. The lowest BCUT2D eigenvalue weighted by atomic mass is 10.1. The smallest absolute Gasteiger partial charge is 0.254 e. The Hall–Kier alpha value is -0.540. The van der Waals surface area contributed by atoms with Crippen molar-refractivity contribution in [1.29, 1.82) is 0 Å². The van der Waals surface area contributed by atoms with Crippen LogP contribution in [0.1, 0.15) is 17.1 Å². The maximum absolute atomic E-state index is 12.5. The van der Waals surface area contributed by atoms with Gasteiger partial charge in [-0.1, -0.05) is 0 Å². The standard InChI is InChI=1S/C12H19N3O3S2/c1-8-12(19-9(2)13-8)20(16,17)15-5-11(6-15)14-10-3-4-18-7-10/h10-11,14H,3-7H2,1-2H3. The summed E-state index contributed by atoms with van der Waals surface area (Å²) in [6.45, 7) is 6.19. The lowest BCUT2D eigenvalue weighted by Crippen LogP contribution is -2.61. The Kier molecular flexibility index (Phi) is 3.85. The van der Waals surface area contributed by atoms with Crippen molar-refractivity contribution in [2.45, 2.75) is 36.6 Å². The Morgan fingerprint density at radius 1 is 1.35 bits per heavy atom. The summed E-state index contributed by atoms with van der Waals surface area (Å²) in [7, 11) is -3.36. The van der Waals surface area contributed by atoms with Crippen molar-refractivity contribution in [2.75, 3.05) is 26.3 Å². The van der Waals surface area contributed by atoms with Crippen LogP contribution in [-0.4, -0.2) is 56.1 Å². The van der Waals surface area contributed by atoms with Crippen LogP contribution >= 0.6 is 11.3 Å². The number of thiazole rings is 1. The molecule has 1 aromatic heterocycles. The van der Waals surface area contributed by atoms with Crippen LogP contribution in [0.15, 0.2) is 4.21 Å². The zero-order valence-corrected chi connectivity index (χ0v) is 13.3. The SMILES string of the molecule is Cc1nc(C)c(S(=O)(=O)N2CC(NC3CCOC3)C2)s1. The van der Waals surface area contributed by atoms with E-state index in [0.29, 0.717) is 29.0 Å². The fraction of sp³-hybridized carbons (Fsp3) is 0.750. The second kappa shape index (κ2) is 5.34. The van der Waals surface area contributed by atoms with Gasteiger partial charge in [-0.05, 0) is 20.3 Å². The van der Waals surface area contributed by atoms with Crippen LogP contribution in [0.5, 0.6) is 0 Å². The molecule has 2 aliphatic heterocycles.